The van der Waals surface area contributed by atoms with Crippen LogP contribution in [0.2, 0.25) is 0 Å². The number of fused-ring (bicyclic) bond motifs is 1. The molecule has 0 bridgehead atoms. The number of hydrogen-bond acceptors (Lipinski definition) is 6. The van der Waals surface area contributed by atoms with Crippen molar-refractivity contribution < 1.29 is 4.79 Å². The molecule has 0 aromatic carbocycles. The maximum absolute atomic E-state index is 12.5. The van der Waals surface area contributed by atoms with Gasteiger partial charge in [-0.3, -0.25) is 9.20 Å². The first-order valence-corrected chi connectivity index (χ1v) is 9.69. The van der Waals surface area contributed by atoms with Crippen molar-refractivity contribution >= 4 is 23.3 Å². The van der Waals surface area contributed by atoms with Crippen molar-refractivity contribution in [1.82, 2.24) is 29.5 Å². The largest absolute Gasteiger partial charge is 0.342 e. The average Bonchev–Trinajstić information content (AvgIpc) is 3.10. The van der Waals surface area contributed by atoms with Crippen LogP contribution in [0.1, 0.15) is 30.3 Å². The lowest BCUT2D eigenvalue weighted by molar-refractivity contribution is -0.129. The molecule has 4 heterocycles. The molecule has 0 saturated carbocycles. The predicted octanol–water partition coefficient (Wildman–Crippen LogP) is 2.33. The molecule has 26 heavy (non-hydrogen) atoms. The van der Waals surface area contributed by atoms with E-state index in [1.54, 1.807) is 6.20 Å². The van der Waals surface area contributed by atoms with Crippen molar-refractivity contribution in [3.8, 4) is 0 Å². The molecule has 3 aromatic rings. The second-order valence-electron chi connectivity index (χ2n) is 6.41. The minimum absolute atomic E-state index is 0.143. The minimum Gasteiger partial charge on any atom is -0.342 e. The molecule has 0 unspecified atom stereocenters. The van der Waals surface area contributed by atoms with Crippen molar-refractivity contribution in [3.05, 3.63) is 48.2 Å². The number of carbonyl (C=O) groups excluding carboxylic acids is 1. The number of pyridine rings is 1. The molecule has 3 aromatic heterocycles. The van der Waals surface area contributed by atoms with E-state index in [-0.39, 0.29) is 5.91 Å². The predicted molar refractivity (Wildman–Crippen MR) is 99.0 cm³/mol. The van der Waals surface area contributed by atoms with Gasteiger partial charge in [0.15, 0.2) is 10.8 Å². The Morgan fingerprint density at radius 2 is 2.08 bits per heavy atom. The number of thioether (sulfide) groups is 1. The summed E-state index contributed by atoms with van der Waals surface area (Å²) in [5.41, 5.74) is 1.78. The van der Waals surface area contributed by atoms with E-state index in [9.17, 15) is 4.79 Å². The highest BCUT2D eigenvalue weighted by atomic mass is 32.2. The lowest BCUT2D eigenvalue weighted by Crippen LogP contribution is -2.39. The van der Waals surface area contributed by atoms with E-state index in [0.717, 1.165) is 43.1 Å². The summed E-state index contributed by atoms with van der Waals surface area (Å²) < 4.78 is 2.05. The number of aromatic nitrogens is 5. The average molecular weight is 368 g/mol. The molecule has 8 heteroatoms. The fraction of sp³-hybridized carbons (Fsp3) is 0.389. The molecule has 1 aliphatic rings. The standard InChI is InChI=1S/C18H20N6OS/c1-13-5-8-19-18(20-13)26-12-16(25)23-10-6-14(7-11-23)17-22-21-15-4-2-3-9-24(15)17/h2-5,8-9,14H,6-7,10-12H2,1H3. The maximum atomic E-state index is 12.5. The summed E-state index contributed by atoms with van der Waals surface area (Å²) in [6.07, 6.45) is 5.55. The van der Waals surface area contributed by atoms with Gasteiger partial charge < -0.3 is 4.90 Å². The topological polar surface area (TPSA) is 76.3 Å². The Bertz CT molecular complexity index is 919. The zero-order valence-corrected chi connectivity index (χ0v) is 15.4. The lowest BCUT2D eigenvalue weighted by Gasteiger charge is -2.31. The van der Waals surface area contributed by atoms with E-state index in [1.165, 1.54) is 11.8 Å². The van der Waals surface area contributed by atoms with Gasteiger partial charge in [-0.05, 0) is 38.0 Å². The molecule has 1 amide bonds. The summed E-state index contributed by atoms with van der Waals surface area (Å²) in [6.45, 7) is 3.42. The van der Waals surface area contributed by atoms with E-state index in [0.29, 0.717) is 16.8 Å². The van der Waals surface area contributed by atoms with Crippen LogP contribution in [0.3, 0.4) is 0 Å². The highest BCUT2D eigenvalue weighted by Gasteiger charge is 2.26. The van der Waals surface area contributed by atoms with Gasteiger partial charge in [-0.2, -0.15) is 0 Å². The van der Waals surface area contributed by atoms with Gasteiger partial charge in [0.2, 0.25) is 5.91 Å². The molecular weight excluding hydrogens is 348 g/mol. The van der Waals surface area contributed by atoms with Crippen LogP contribution in [-0.2, 0) is 4.79 Å². The summed E-state index contributed by atoms with van der Waals surface area (Å²) >= 11 is 1.40. The summed E-state index contributed by atoms with van der Waals surface area (Å²) in [5.74, 6) is 1.85. The third-order valence-electron chi connectivity index (χ3n) is 4.65. The normalized spacial score (nSPS) is 15.5. The highest BCUT2D eigenvalue weighted by Crippen LogP contribution is 2.27. The van der Waals surface area contributed by atoms with Gasteiger partial charge in [-0.25, -0.2) is 9.97 Å². The smallest absolute Gasteiger partial charge is 0.233 e. The Morgan fingerprint density at radius 1 is 1.23 bits per heavy atom. The quantitative estimate of drug-likeness (QED) is 0.520. The number of rotatable bonds is 4. The molecule has 0 aliphatic carbocycles. The number of amides is 1. The van der Waals surface area contributed by atoms with Crippen molar-refractivity contribution in [2.45, 2.75) is 30.8 Å². The first-order chi connectivity index (χ1) is 12.7. The van der Waals surface area contributed by atoms with Gasteiger partial charge in [-0.1, -0.05) is 17.8 Å². The first kappa shape index (κ1) is 17.0. The molecule has 1 aliphatic heterocycles. The Morgan fingerprint density at radius 3 is 2.88 bits per heavy atom. The lowest BCUT2D eigenvalue weighted by atomic mass is 9.96. The molecule has 4 rings (SSSR count). The SMILES string of the molecule is Cc1ccnc(SCC(=O)N2CCC(c3nnc4ccccn34)CC2)n1. The van der Waals surface area contributed by atoms with Crippen LogP contribution in [0.25, 0.3) is 5.65 Å². The molecule has 0 radical (unpaired) electrons. The van der Waals surface area contributed by atoms with Crippen LogP contribution in [0, 0.1) is 6.92 Å². The highest BCUT2D eigenvalue weighted by molar-refractivity contribution is 7.99. The van der Waals surface area contributed by atoms with Gasteiger partial charge in [0, 0.05) is 37.1 Å². The molecule has 134 valence electrons. The third-order valence-corrected chi connectivity index (χ3v) is 5.50. The molecule has 7 nitrogen and oxygen atoms in total. The monoisotopic (exact) mass is 368 g/mol. The van der Waals surface area contributed by atoms with Crippen LogP contribution in [0.4, 0.5) is 0 Å². The zero-order chi connectivity index (χ0) is 17.9. The van der Waals surface area contributed by atoms with Gasteiger partial charge >= 0.3 is 0 Å². The van der Waals surface area contributed by atoms with E-state index in [1.807, 2.05) is 46.7 Å². The van der Waals surface area contributed by atoms with Crippen molar-refractivity contribution in [2.75, 3.05) is 18.8 Å². The van der Waals surface area contributed by atoms with E-state index < -0.39 is 0 Å². The van der Waals surface area contributed by atoms with Crippen LogP contribution >= 0.6 is 11.8 Å². The Kier molecular flexibility index (Phi) is 4.83. The number of hydrogen-bond donors (Lipinski definition) is 0. The number of likely N-dealkylation sites (tertiary alicyclic amines) is 1. The number of nitrogens with zero attached hydrogens (tertiary/aromatic N) is 6. The molecular formula is C18H20N6OS. The second-order valence-corrected chi connectivity index (χ2v) is 7.35. The molecule has 0 spiro atoms. The van der Waals surface area contributed by atoms with Gasteiger partial charge in [0.25, 0.3) is 0 Å². The summed E-state index contributed by atoms with van der Waals surface area (Å²) in [6, 6.07) is 7.76. The van der Waals surface area contributed by atoms with E-state index in [2.05, 4.69) is 20.2 Å². The van der Waals surface area contributed by atoms with Gasteiger partial charge in [-0.15, -0.1) is 10.2 Å². The van der Waals surface area contributed by atoms with Crippen molar-refractivity contribution in [1.29, 1.82) is 0 Å². The molecule has 1 fully saturated rings. The summed E-state index contributed by atoms with van der Waals surface area (Å²) in [4.78, 5) is 22.9. The Labute approximate surface area is 155 Å². The van der Waals surface area contributed by atoms with Gasteiger partial charge in [0.1, 0.15) is 5.82 Å². The third kappa shape index (κ3) is 3.55. The zero-order valence-electron chi connectivity index (χ0n) is 14.6. The number of piperidine rings is 1. The molecule has 1 saturated heterocycles. The van der Waals surface area contributed by atoms with Crippen LogP contribution in [0.5, 0.6) is 0 Å². The first-order valence-electron chi connectivity index (χ1n) is 8.70. The fourth-order valence-electron chi connectivity index (χ4n) is 3.24. The summed E-state index contributed by atoms with van der Waals surface area (Å²) in [7, 11) is 0. The number of carbonyl (C=O) groups is 1. The van der Waals surface area contributed by atoms with Crippen LogP contribution in [0.15, 0.2) is 41.8 Å². The second kappa shape index (κ2) is 7.41. The Hall–Kier alpha value is -2.48. The fourth-order valence-corrected chi connectivity index (χ4v) is 4.02. The van der Waals surface area contributed by atoms with E-state index in [4.69, 9.17) is 0 Å². The Balaban J connectivity index is 1.33. The van der Waals surface area contributed by atoms with Crippen molar-refractivity contribution in [3.63, 3.8) is 0 Å². The van der Waals surface area contributed by atoms with Crippen LogP contribution < -0.4 is 0 Å². The van der Waals surface area contributed by atoms with Gasteiger partial charge in [0.05, 0.1) is 5.75 Å². The summed E-state index contributed by atoms with van der Waals surface area (Å²) in [5, 5.41) is 9.25. The molecule has 0 atom stereocenters. The van der Waals surface area contributed by atoms with Crippen molar-refractivity contribution in [2.24, 2.45) is 0 Å². The van der Waals surface area contributed by atoms with E-state index >= 15 is 0 Å². The maximum Gasteiger partial charge on any atom is 0.233 e. The molecule has 0 N–H and O–H groups in total. The number of aryl methyl sites for hydroxylation is 1. The minimum atomic E-state index is 0.143. The van der Waals surface area contributed by atoms with Crippen LogP contribution in [-0.4, -0.2) is 54.2 Å².